The summed E-state index contributed by atoms with van der Waals surface area (Å²) in [6, 6.07) is 17.1. The van der Waals surface area contributed by atoms with Crippen LogP contribution >= 0.6 is 0 Å². The highest BCUT2D eigenvalue weighted by atomic mass is 16.5. The molecule has 2 aromatic carbocycles. The molecule has 36 heavy (non-hydrogen) atoms. The van der Waals surface area contributed by atoms with E-state index in [0.29, 0.717) is 17.6 Å². The van der Waals surface area contributed by atoms with Crippen LogP contribution in [0.3, 0.4) is 0 Å². The van der Waals surface area contributed by atoms with Crippen molar-refractivity contribution in [3.05, 3.63) is 92.5 Å². The maximum Gasteiger partial charge on any atom is 0.330 e. The molecule has 0 saturated heterocycles. The summed E-state index contributed by atoms with van der Waals surface area (Å²) in [5, 5.41) is 4.01. The average Bonchev–Trinajstić information content (AvgIpc) is 3.34. The van der Waals surface area contributed by atoms with Gasteiger partial charge < -0.3 is 15.2 Å². The van der Waals surface area contributed by atoms with Crippen LogP contribution < -0.4 is 21.9 Å². The number of benzene rings is 2. The number of carbonyl (C=O) groups is 1. The number of nitrogen functional groups attached to an aromatic ring is 1. The van der Waals surface area contributed by atoms with Gasteiger partial charge in [-0.1, -0.05) is 73.6 Å². The van der Waals surface area contributed by atoms with Crippen molar-refractivity contribution in [1.82, 2.24) is 19.7 Å². The van der Waals surface area contributed by atoms with E-state index in [0.717, 1.165) is 16.0 Å². The largest absolute Gasteiger partial charge is 0.383 e. The standard InChI is InChI=1S/C26H28N6O4/c1-16(2)18-9-11-19(12-10-18)24-28-20(36-30-24)13-14-21(33)31(3)22-23(27)32(26(35)29-25(22)34)15-17-7-5-4-6-8-17/h4-12,16H,13-15,27H2,1-3H3,(H,29,34,35). The van der Waals surface area contributed by atoms with Crippen molar-refractivity contribution >= 4 is 17.4 Å². The molecule has 0 aliphatic rings. The number of anilines is 2. The second-order valence-electron chi connectivity index (χ2n) is 8.81. The van der Waals surface area contributed by atoms with Crippen molar-refractivity contribution in [3.8, 4) is 11.4 Å². The number of aromatic nitrogens is 4. The Kier molecular flexibility index (Phi) is 7.14. The monoisotopic (exact) mass is 488 g/mol. The molecule has 3 N–H and O–H groups in total. The van der Waals surface area contributed by atoms with Gasteiger partial charge in [-0.2, -0.15) is 4.98 Å². The summed E-state index contributed by atoms with van der Waals surface area (Å²) >= 11 is 0. The minimum atomic E-state index is -0.734. The maximum atomic E-state index is 12.9. The van der Waals surface area contributed by atoms with Crippen molar-refractivity contribution in [1.29, 1.82) is 0 Å². The molecule has 10 heteroatoms. The van der Waals surface area contributed by atoms with Gasteiger partial charge in [0.05, 0.1) is 6.54 Å². The van der Waals surface area contributed by atoms with E-state index in [4.69, 9.17) is 10.3 Å². The van der Waals surface area contributed by atoms with Crippen LogP contribution in [0.25, 0.3) is 11.4 Å². The number of hydrogen-bond donors (Lipinski definition) is 2. The van der Waals surface area contributed by atoms with Gasteiger partial charge in [0.2, 0.25) is 17.6 Å². The van der Waals surface area contributed by atoms with E-state index in [2.05, 4.69) is 29.0 Å². The first-order valence-electron chi connectivity index (χ1n) is 11.6. The number of rotatable bonds is 8. The van der Waals surface area contributed by atoms with Crippen LogP contribution in [0.4, 0.5) is 11.5 Å². The number of aromatic amines is 1. The van der Waals surface area contributed by atoms with Crippen molar-refractivity contribution in [2.45, 2.75) is 39.2 Å². The summed E-state index contributed by atoms with van der Waals surface area (Å²) in [5.41, 5.74) is 7.56. The van der Waals surface area contributed by atoms with Crippen molar-refractivity contribution < 1.29 is 9.32 Å². The lowest BCUT2D eigenvalue weighted by atomic mass is 10.0. The molecule has 2 heterocycles. The molecule has 0 spiro atoms. The summed E-state index contributed by atoms with van der Waals surface area (Å²) in [4.78, 5) is 45.6. The molecule has 186 valence electrons. The van der Waals surface area contributed by atoms with Gasteiger partial charge in [-0.05, 0) is 17.0 Å². The summed E-state index contributed by atoms with van der Waals surface area (Å²) in [6.45, 7) is 4.39. The van der Waals surface area contributed by atoms with Crippen LogP contribution in [-0.2, 0) is 17.8 Å². The van der Waals surface area contributed by atoms with Crippen LogP contribution in [0.15, 0.2) is 68.7 Å². The number of nitrogens with zero attached hydrogens (tertiary/aromatic N) is 4. The van der Waals surface area contributed by atoms with Crippen LogP contribution in [0, 0.1) is 0 Å². The molecule has 0 atom stereocenters. The van der Waals surface area contributed by atoms with Crippen LogP contribution in [0.1, 0.15) is 43.2 Å². The van der Waals surface area contributed by atoms with Gasteiger partial charge in [-0.15, -0.1) is 0 Å². The number of aryl methyl sites for hydroxylation is 1. The van der Waals surface area contributed by atoms with Crippen LogP contribution in [0.2, 0.25) is 0 Å². The fourth-order valence-corrected chi connectivity index (χ4v) is 3.82. The van der Waals surface area contributed by atoms with E-state index < -0.39 is 17.2 Å². The first-order chi connectivity index (χ1) is 17.2. The minimum Gasteiger partial charge on any atom is -0.383 e. The van der Waals surface area contributed by atoms with E-state index in [1.807, 2.05) is 54.6 Å². The average molecular weight is 489 g/mol. The van der Waals surface area contributed by atoms with E-state index in [1.165, 1.54) is 17.2 Å². The Balaban J connectivity index is 1.47. The molecule has 0 fully saturated rings. The van der Waals surface area contributed by atoms with Gasteiger partial charge >= 0.3 is 5.69 Å². The van der Waals surface area contributed by atoms with Crippen molar-refractivity contribution in [2.24, 2.45) is 0 Å². The first kappa shape index (κ1) is 24.6. The molecule has 0 bridgehead atoms. The third kappa shape index (κ3) is 5.27. The molecule has 0 saturated carbocycles. The predicted molar refractivity (Wildman–Crippen MR) is 137 cm³/mol. The third-order valence-corrected chi connectivity index (χ3v) is 5.96. The Hall–Kier alpha value is -4.47. The highest BCUT2D eigenvalue weighted by Crippen LogP contribution is 2.21. The number of H-pyrrole nitrogens is 1. The minimum absolute atomic E-state index is 0.00110. The molecule has 2 aromatic heterocycles. The Morgan fingerprint density at radius 3 is 2.47 bits per heavy atom. The van der Waals surface area contributed by atoms with Gasteiger partial charge in [-0.25, -0.2) is 4.79 Å². The normalized spacial score (nSPS) is 11.1. The Bertz CT molecular complexity index is 1470. The molecule has 1 amide bonds. The molecular formula is C26H28N6O4. The number of carbonyl (C=O) groups excluding carboxylic acids is 1. The summed E-state index contributed by atoms with van der Waals surface area (Å²) in [6.07, 6.45) is 0.183. The number of hydrogen-bond acceptors (Lipinski definition) is 7. The Morgan fingerprint density at radius 2 is 1.81 bits per heavy atom. The van der Waals surface area contributed by atoms with Gasteiger partial charge in [-0.3, -0.25) is 19.1 Å². The van der Waals surface area contributed by atoms with E-state index >= 15 is 0 Å². The molecule has 0 aliphatic carbocycles. The zero-order valence-electron chi connectivity index (χ0n) is 20.4. The topological polar surface area (TPSA) is 140 Å². The van der Waals surface area contributed by atoms with Gasteiger partial charge in [0, 0.05) is 25.5 Å². The zero-order chi connectivity index (χ0) is 25.8. The zero-order valence-corrected chi connectivity index (χ0v) is 20.4. The van der Waals surface area contributed by atoms with Gasteiger partial charge in [0.25, 0.3) is 5.56 Å². The van der Waals surface area contributed by atoms with Crippen LogP contribution in [-0.4, -0.2) is 32.6 Å². The summed E-state index contributed by atoms with van der Waals surface area (Å²) in [5.74, 6) is 0.679. The van der Waals surface area contributed by atoms with E-state index in [9.17, 15) is 14.4 Å². The lowest BCUT2D eigenvalue weighted by Gasteiger charge is -2.20. The lowest BCUT2D eigenvalue weighted by Crippen LogP contribution is -2.39. The van der Waals surface area contributed by atoms with Crippen molar-refractivity contribution in [3.63, 3.8) is 0 Å². The lowest BCUT2D eigenvalue weighted by molar-refractivity contribution is -0.118. The third-order valence-electron chi connectivity index (χ3n) is 5.96. The maximum absolute atomic E-state index is 12.9. The quantitative estimate of drug-likeness (QED) is 0.388. The molecule has 0 unspecified atom stereocenters. The molecule has 10 nitrogen and oxygen atoms in total. The number of nitrogens with two attached hydrogens (primary N) is 1. The van der Waals surface area contributed by atoms with E-state index in [1.54, 1.807) is 0 Å². The highest BCUT2D eigenvalue weighted by Gasteiger charge is 2.22. The molecule has 4 aromatic rings. The smallest absolute Gasteiger partial charge is 0.330 e. The molecule has 0 aliphatic heterocycles. The first-order valence-corrected chi connectivity index (χ1v) is 11.6. The number of nitrogens with one attached hydrogen (secondary N) is 1. The fourth-order valence-electron chi connectivity index (χ4n) is 3.82. The van der Waals surface area contributed by atoms with E-state index in [-0.39, 0.29) is 30.9 Å². The fraction of sp³-hybridized carbons (Fsp3) is 0.269. The molecular weight excluding hydrogens is 460 g/mol. The number of amides is 1. The van der Waals surface area contributed by atoms with Crippen molar-refractivity contribution in [2.75, 3.05) is 17.7 Å². The van der Waals surface area contributed by atoms with Crippen LogP contribution in [0.5, 0.6) is 0 Å². The SMILES string of the molecule is CC(C)c1ccc(-c2noc(CCC(=O)N(C)c3c(N)n(Cc4ccccc4)c(=O)[nH]c3=O)n2)cc1. The Morgan fingerprint density at radius 1 is 1.11 bits per heavy atom. The molecule has 4 rings (SSSR count). The highest BCUT2D eigenvalue weighted by molar-refractivity contribution is 5.95. The summed E-state index contributed by atoms with van der Waals surface area (Å²) in [7, 11) is 1.44. The van der Waals surface area contributed by atoms with Gasteiger partial charge in [0.15, 0.2) is 5.69 Å². The van der Waals surface area contributed by atoms with Gasteiger partial charge in [0.1, 0.15) is 5.82 Å². The molecule has 0 radical (unpaired) electrons. The Labute approximate surface area is 207 Å². The summed E-state index contributed by atoms with van der Waals surface area (Å²) < 4.78 is 6.54. The predicted octanol–water partition coefficient (Wildman–Crippen LogP) is 2.94. The second kappa shape index (κ2) is 10.4. The second-order valence-corrected chi connectivity index (χ2v) is 8.81.